The summed E-state index contributed by atoms with van der Waals surface area (Å²) in [5, 5.41) is 2.75. The monoisotopic (exact) mass is 339 g/mol. The van der Waals surface area contributed by atoms with Gasteiger partial charge in [-0.1, -0.05) is 30.3 Å². The molecule has 0 saturated carbocycles. The average Bonchev–Trinajstić information content (AvgIpc) is 2.59. The van der Waals surface area contributed by atoms with Crippen LogP contribution >= 0.6 is 0 Å². The first-order chi connectivity index (χ1) is 11.0. The van der Waals surface area contributed by atoms with Crippen LogP contribution in [0.25, 0.3) is 0 Å². The fourth-order valence-electron chi connectivity index (χ4n) is 2.77. The van der Waals surface area contributed by atoms with Gasteiger partial charge in [-0.25, -0.2) is 12.7 Å². The van der Waals surface area contributed by atoms with Crippen molar-refractivity contribution in [3.8, 4) is 0 Å². The first-order valence-corrected chi connectivity index (χ1v) is 9.63. The molecule has 2 rings (SSSR count). The third-order valence-electron chi connectivity index (χ3n) is 4.08. The van der Waals surface area contributed by atoms with Crippen molar-refractivity contribution in [2.75, 3.05) is 31.9 Å². The molecule has 1 aliphatic heterocycles. The predicted molar refractivity (Wildman–Crippen MR) is 90.3 cm³/mol. The Labute approximate surface area is 138 Å². The van der Waals surface area contributed by atoms with Crippen molar-refractivity contribution in [3.05, 3.63) is 35.9 Å². The van der Waals surface area contributed by atoms with Crippen LogP contribution < -0.4 is 11.1 Å². The minimum atomic E-state index is -3.34. The second kappa shape index (κ2) is 8.42. The molecule has 1 saturated heterocycles. The van der Waals surface area contributed by atoms with E-state index in [9.17, 15) is 13.2 Å². The summed E-state index contributed by atoms with van der Waals surface area (Å²) in [6.07, 6.45) is 1.93. The molecule has 0 aliphatic carbocycles. The number of amides is 1. The van der Waals surface area contributed by atoms with Crippen LogP contribution in [0.3, 0.4) is 0 Å². The molecule has 1 aromatic carbocycles. The van der Waals surface area contributed by atoms with Crippen LogP contribution in [0.1, 0.15) is 18.4 Å². The molecular formula is C16H25N3O3S. The van der Waals surface area contributed by atoms with E-state index >= 15 is 0 Å². The fourth-order valence-corrected chi connectivity index (χ4v) is 4.34. The van der Waals surface area contributed by atoms with Crippen LogP contribution in [0.2, 0.25) is 0 Å². The van der Waals surface area contributed by atoms with Crippen LogP contribution in [0, 0.1) is 5.92 Å². The van der Waals surface area contributed by atoms with Gasteiger partial charge in [-0.05, 0) is 24.8 Å². The quantitative estimate of drug-likeness (QED) is 0.749. The normalized spacial score (nSPS) is 19.4. The van der Waals surface area contributed by atoms with E-state index in [0.29, 0.717) is 32.5 Å². The molecule has 0 radical (unpaired) electrons. The zero-order valence-corrected chi connectivity index (χ0v) is 14.1. The number of hydrogen-bond donors (Lipinski definition) is 2. The number of sulfonamides is 1. The third kappa shape index (κ3) is 5.30. The first-order valence-electron chi connectivity index (χ1n) is 8.02. The molecule has 128 valence electrons. The second-order valence-electron chi connectivity index (χ2n) is 5.83. The Morgan fingerprint density at radius 3 is 2.74 bits per heavy atom. The Bertz CT molecular complexity index is 604. The van der Waals surface area contributed by atoms with Crippen molar-refractivity contribution in [1.29, 1.82) is 0 Å². The molecule has 6 nitrogen and oxygen atoms in total. The number of carbonyl (C=O) groups is 1. The predicted octanol–water partition coefficient (Wildman–Crippen LogP) is 0.346. The molecule has 1 fully saturated rings. The summed E-state index contributed by atoms with van der Waals surface area (Å²) in [6, 6.07) is 9.57. The number of piperidine rings is 1. The van der Waals surface area contributed by atoms with Crippen LogP contribution in [-0.4, -0.2) is 50.6 Å². The van der Waals surface area contributed by atoms with E-state index in [1.807, 2.05) is 30.3 Å². The molecule has 1 unspecified atom stereocenters. The SMILES string of the molecule is NCCNC(=O)C1CCCN(S(=O)(=O)CCc2ccccc2)C1. The second-order valence-corrected chi connectivity index (χ2v) is 7.92. The molecule has 23 heavy (non-hydrogen) atoms. The van der Waals surface area contributed by atoms with Gasteiger partial charge in [-0.2, -0.15) is 0 Å². The Kier molecular flexibility index (Phi) is 6.56. The first kappa shape index (κ1) is 17.9. The van der Waals surface area contributed by atoms with Crippen molar-refractivity contribution in [1.82, 2.24) is 9.62 Å². The highest BCUT2D eigenvalue weighted by atomic mass is 32.2. The number of carbonyl (C=O) groups excluding carboxylic acids is 1. The minimum Gasteiger partial charge on any atom is -0.355 e. The highest BCUT2D eigenvalue weighted by Gasteiger charge is 2.31. The smallest absolute Gasteiger partial charge is 0.224 e. The van der Waals surface area contributed by atoms with Gasteiger partial charge in [-0.15, -0.1) is 0 Å². The van der Waals surface area contributed by atoms with Crippen LogP contribution in [0.5, 0.6) is 0 Å². The Morgan fingerprint density at radius 1 is 1.30 bits per heavy atom. The highest BCUT2D eigenvalue weighted by Crippen LogP contribution is 2.20. The van der Waals surface area contributed by atoms with Crippen molar-refractivity contribution >= 4 is 15.9 Å². The van der Waals surface area contributed by atoms with Crippen LogP contribution in [0.15, 0.2) is 30.3 Å². The summed E-state index contributed by atoms with van der Waals surface area (Å²) in [6.45, 7) is 1.58. The van der Waals surface area contributed by atoms with Gasteiger partial charge in [0.1, 0.15) is 0 Å². The van der Waals surface area contributed by atoms with Crippen molar-refractivity contribution in [2.24, 2.45) is 11.7 Å². The lowest BCUT2D eigenvalue weighted by Gasteiger charge is -2.31. The number of rotatable bonds is 7. The average molecular weight is 339 g/mol. The topological polar surface area (TPSA) is 92.5 Å². The summed E-state index contributed by atoms with van der Waals surface area (Å²) in [4.78, 5) is 12.0. The molecule has 1 aliphatic rings. The zero-order chi connectivity index (χ0) is 16.7. The lowest BCUT2D eigenvalue weighted by atomic mass is 9.99. The lowest BCUT2D eigenvalue weighted by Crippen LogP contribution is -2.46. The molecule has 1 heterocycles. The number of benzene rings is 1. The highest BCUT2D eigenvalue weighted by molar-refractivity contribution is 7.89. The van der Waals surface area contributed by atoms with E-state index in [-0.39, 0.29) is 24.1 Å². The van der Waals surface area contributed by atoms with E-state index in [0.717, 1.165) is 12.0 Å². The summed E-state index contributed by atoms with van der Waals surface area (Å²) in [7, 11) is -3.34. The molecule has 1 aromatic rings. The van der Waals surface area contributed by atoms with E-state index in [1.165, 1.54) is 4.31 Å². The van der Waals surface area contributed by atoms with E-state index in [2.05, 4.69) is 5.32 Å². The summed E-state index contributed by atoms with van der Waals surface area (Å²) in [5.74, 6) is -0.297. The van der Waals surface area contributed by atoms with Gasteiger partial charge in [0, 0.05) is 26.2 Å². The Morgan fingerprint density at radius 2 is 2.04 bits per heavy atom. The lowest BCUT2D eigenvalue weighted by molar-refractivity contribution is -0.126. The zero-order valence-electron chi connectivity index (χ0n) is 13.3. The van der Waals surface area contributed by atoms with E-state index < -0.39 is 10.0 Å². The third-order valence-corrected chi connectivity index (χ3v) is 5.92. The maximum atomic E-state index is 12.5. The maximum Gasteiger partial charge on any atom is 0.224 e. The van der Waals surface area contributed by atoms with Crippen LogP contribution in [-0.2, 0) is 21.2 Å². The molecule has 0 aromatic heterocycles. The van der Waals surface area contributed by atoms with E-state index in [1.54, 1.807) is 0 Å². The molecule has 1 amide bonds. The van der Waals surface area contributed by atoms with Crippen molar-refractivity contribution in [3.63, 3.8) is 0 Å². The number of nitrogens with zero attached hydrogens (tertiary/aromatic N) is 1. The maximum absolute atomic E-state index is 12.5. The molecule has 0 bridgehead atoms. The molecule has 3 N–H and O–H groups in total. The number of hydrogen-bond acceptors (Lipinski definition) is 4. The standard InChI is InChI=1S/C16H25N3O3S/c17-9-10-18-16(20)15-7-4-11-19(13-15)23(21,22)12-8-14-5-2-1-3-6-14/h1-3,5-6,15H,4,7-13,17H2,(H,18,20). The summed E-state index contributed by atoms with van der Waals surface area (Å²) in [5.41, 5.74) is 6.38. The molecule has 1 atom stereocenters. The molecule has 0 spiro atoms. The summed E-state index contributed by atoms with van der Waals surface area (Å²) >= 11 is 0. The van der Waals surface area contributed by atoms with Gasteiger partial charge in [-0.3, -0.25) is 4.79 Å². The van der Waals surface area contributed by atoms with Gasteiger partial charge in [0.15, 0.2) is 0 Å². The van der Waals surface area contributed by atoms with Gasteiger partial charge in [0.25, 0.3) is 0 Å². The number of nitrogens with one attached hydrogen (secondary N) is 1. The Balaban J connectivity index is 1.92. The van der Waals surface area contributed by atoms with Gasteiger partial charge in [0.2, 0.25) is 15.9 Å². The van der Waals surface area contributed by atoms with Gasteiger partial charge < -0.3 is 11.1 Å². The van der Waals surface area contributed by atoms with E-state index in [4.69, 9.17) is 5.73 Å². The van der Waals surface area contributed by atoms with Crippen molar-refractivity contribution in [2.45, 2.75) is 19.3 Å². The van der Waals surface area contributed by atoms with Gasteiger partial charge >= 0.3 is 0 Å². The Hall–Kier alpha value is -1.44. The number of nitrogens with two attached hydrogens (primary N) is 1. The molecular weight excluding hydrogens is 314 g/mol. The van der Waals surface area contributed by atoms with Gasteiger partial charge in [0.05, 0.1) is 11.7 Å². The molecule has 7 heteroatoms. The minimum absolute atomic E-state index is 0.0775. The number of aryl methyl sites for hydroxylation is 1. The fraction of sp³-hybridized carbons (Fsp3) is 0.562. The summed E-state index contributed by atoms with van der Waals surface area (Å²) < 4.78 is 26.5. The largest absolute Gasteiger partial charge is 0.355 e. The van der Waals surface area contributed by atoms with Crippen LogP contribution in [0.4, 0.5) is 0 Å². The van der Waals surface area contributed by atoms with Crippen molar-refractivity contribution < 1.29 is 13.2 Å².